The molecule has 1 unspecified atom stereocenters. The van der Waals surface area contributed by atoms with Gasteiger partial charge in [0.05, 0.1) is 18.8 Å². The molecule has 0 heterocycles. The molecule has 5 heteroatoms. The normalized spacial score (nSPS) is 15.1. The van der Waals surface area contributed by atoms with E-state index in [4.69, 9.17) is 10.5 Å². The Balaban J connectivity index is 3.57. The van der Waals surface area contributed by atoms with Crippen molar-refractivity contribution in [3.8, 4) is 0 Å². The van der Waals surface area contributed by atoms with Crippen molar-refractivity contribution in [3.05, 3.63) is 0 Å². The van der Waals surface area contributed by atoms with E-state index in [1.54, 1.807) is 0 Å². The van der Waals surface area contributed by atoms with Gasteiger partial charge in [-0.2, -0.15) is 0 Å². The van der Waals surface area contributed by atoms with Gasteiger partial charge in [0.2, 0.25) is 5.91 Å². The Bertz CT molecular complexity index is 152. The highest BCUT2D eigenvalue weighted by atomic mass is 16.5. The van der Waals surface area contributed by atoms with Crippen LogP contribution >= 0.6 is 0 Å². The lowest BCUT2D eigenvalue weighted by atomic mass is 10.2. The lowest BCUT2D eigenvalue weighted by Gasteiger charge is -2.13. The van der Waals surface area contributed by atoms with Crippen LogP contribution in [-0.4, -0.2) is 43.4 Å². The van der Waals surface area contributed by atoms with Crippen molar-refractivity contribution in [2.45, 2.75) is 25.5 Å². The van der Waals surface area contributed by atoms with Crippen LogP contribution in [0.2, 0.25) is 0 Å². The number of methoxy groups -OCH3 is 1. The van der Waals surface area contributed by atoms with Crippen molar-refractivity contribution < 1.29 is 14.6 Å². The molecule has 0 aliphatic heterocycles. The Morgan fingerprint density at radius 2 is 2.31 bits per heavy atom. The van der Waals surface area contributed by atoms with Gasteiger partial charge in [0.1, 0.15) is 0 Å². The first-order valence-corrected chi connectivity index (χ1v) is 4.32. The zero-order valence-corrected chi connectivity index (χ0v) is 8.12. The molecule has 0 saturated carbocycles. The highest BCUT2D eigenvalue weighted by Gasteiger charge is 2.11. The van der Waals surface area contributed by atoms with Crippen LogP contribution in [0.5, 0.6) is 0 Å². The zero-order valence-electron chi connectivity index (χ0n) is 8.12. The van der Waals surface area contributed by atoms with E-state index in [0.717, 1.165) is 0 Å². The Kier molecular flexibility index (Phi) is 6.48. The molecule has 0 aromatic heterocycles. The van der Waals surface area contributed by atoms with E-state index < -0.39 is 12.1 Å². The molecule has 0 aromatic rings. The van der Waals surface area contributed by atoms with Gasteiger partial charge in [-0.3, -0.25) is 4.79 Å². The summed E-state index contributed by atoms with van der Waals surface area (Å²) in [5.74, 6) is -0.238. The minimum absolute atomic E-state index is 0.181. The summed E-state index contributed by atoms with van der Waals surface area (Å²) in [7, 11) is 1.49. The second kappa shape index (κ2) is 6.82. The van der Waals surface area contributed by atoms with Gasteiger partial charge < -0.3 is 20.9 Å². The SMILES string of the molecule is CC[C@@H](N)C(=O)NCC(O)COC. The molecule has 78 valence electrons. The monoisotopic (exact) mass is 190 g/mol. The number of nitrogens with two attached hydrogens (primary N) is 1. The Hall–Kier alpha value is -0.650. The van der Waals surface area contributed by atoms with Crippen LogP contribution in [0.25, 0.3) is 0 Å². The summed E-state index contributed by atoms with van der Waals surface area (Å²) < 4.78 is 4.69. The van der Waals surface area contributed by atoms with Crippen LogP contribution < -0.4 is 11.1 Å². The van der Waals surface area contributed by atoms with Gasteiger partial charge >= 0.3 is 0 Å². The smallest absolute Gasteiger partial charge is 0.236 e. The van der Waals surface area contributed by atoms with Crippen molar-refractivity contribution in [2.24, 2.45) is 5.73 Å². The lowest BCUT2D eigenvalue weighted by Crippen LogP contribution is -2.43. The predicted molar refractivity (Wildman–Crippen MR) is 49.2 cm³/mol. The molecular formula is C8H18N2O3. The Labute approximate surface area is 78.3 Å². The second-order valence-corrected chi connectivity index (χ2v) is 2.87. The molecule has 0 aliphatic carbocycles. The van der Waals surface area contributed by atoms with Crippen LogP contribution in [0.1, 0.15) is 13.3 Å². The third-order valence-electron chi connectivity index (χ3n) is 1.65. The molecule has 1 amide bonds. The molecule has 2 atom stereocenters. The first-order chi connectivity index (χ1) is 6.11. The molecule has 0 spiro atoms. The van der Waals surface area contributed by atoms with E-state index in [9.17, 15) is 9.90 Å². The third-order valence-corrected chi connectivity index (χ3v) is 1.65. The number of carbonyl (C=O) groups excluding carboxylic acids is 1. The van der Waals surface area contributed by atoms with Crippen LogP contribution in [0.3, 0.4) is 0 Å². The van der Waals surface area contributed by atoms with Crippen molar-refractivity contribution >= 4 is 5.91 Å². The summed E-state index contributed by atoms with van der Waals surface area (Å²) in [4.78, 5) is 11.1. The van der Waals surface area contributed by atoms with Gasteiger partial charge in [0, 0.05) is 13.7 Å². The number of amides is 1. The first kappa shape index (κ1) is 12.3. The van der Waals surface area contributed by atoms with Gasteiger partial charge in [-0.1, -0.05) is 6.92 Å². The van der Waals surface area contributed by atoms with Crippen molar-refractivity contribution in [1.29, 1.82) is 0 Å². The van der Waals surface area contributed by atoms with Crippen LogP contribution in [0.4, 0.5) is 0 Å². The van der Waals surface area contributed by atoms with E-state index in [1.165, 1.54) is 7.11 Å². The molecule has 0 aromatic carbocycles. The Morgan fingerprint density at radius 3 is 2.77 bits per heavy atom. The maximum Gasteiger partial charge on any atom is 0.236 e. The highest BCUT2D eigenvalue weighted by molar-refractivity contribution is 5.81. The summed E-state index contributed by atoms with van der Waals surface area (Å²) in [5.41, 5.74) is 5.45. The maximum absolute atomic E-state index is 11.1. The number of hydrogen-bond donors (Lipinski definition) is 3. The Morgan fingerprint density at radius 1 is 1.69 bits per heavy atom. The zero-order chi connectivity index (χ0) is 10.3. The van der Waals surface area contributed by atoms with Crippen molar-refractivity contribution in [2.75, 3.05) is 20.3 Å². The number of carbonyl (C=O) groups is 1. The molecule has 0 fully saturated rings. The van der Waals surface area contributed by atoms with Crippen molar-refractivity contribution in [3.63, 3.8) is 0 Å². The largest absolute Gasteiger partial charge is 0.389 e. The number of rotatable bonds is 6. The van der Waals surface area contributed by atoms with Crippen LogP contribution in [-0.2, 0) is 9.53 Å². The van der Waals surface area contributed by atoms with E-state index in [-0.39, 0.29) is 19.1 Å². The van der Waals surface area contributed by atoms with Crippen molar-refractivity contribution in [1.82, 2.24) is 5.32 Å². The van der Waals surface area contributed by atoms with Crippen LogP contribution in [0, 0.1) is 0 Å². The van der Waals surface area contributed by atoms with E-state index in [1.807, 2.05) is 6.92 Å². The van der Waals surface area contributed by atoms with Gasteiger partial charge in [-0.25, -0.2) is 0 Å². The third kappa shape index (κ3) is 5.57. The van der Waals surface area contributed by atoms with E-state index >= 15 is 0 Å². The molecule has 0 aliphatic rings. The summed E-state index contributed by atoms with van der Waals surface area (Å²) in [5, 5.41) is 11.7. The standard InChI is InChI=1S/C8H18N2O3/c1-3-7(9)8(12)10-4-6(11)5-13-2/h6-7,11H,3-5,9H2,1-2H3,(H,10,12)/t6?,7-/m1/s1. The van der Waals surface area contributed by atoms with Gasteiger partial charge in [-0.15, -0.1) is 0 Å². The molecule has 0 saturated heterocycles. The minimum atomic E-state index is -0.669. The van der Waals surface area contributed by atoms with E-state index in [2.05, 4.69) is 5.32 Å². The molecule has 0 radical (unpaired) electrons. The first-order valence-electron chi connectivity index (χ1n) is 4.32. The summed E-state index contributed by atoms with van der Waals surface area (Å²) in [6.45, 7) is 2.22. The summed E-state index contributed by atoms with van der Waals surface area (Å²) >= 11 is 0. The fraction of sp³-hybridized carbons (Fsp3) is 0.875. The molecule has 0 rings (SSSR count). The fourth-order valence-corrected chi connectivity index (χ4v) is 0.786. The van der Waals surface area contributed by atoms with Gasteiger partial charge in [0.15, 0.2) is 0 Å². The lowest BCUT2D eigenvalue weighted by molar-refractivity contribution is -0.123. The summed E-state index contributed by atoms with van der Waals surface area (Å²) in [6, 6.07) is -0.491. The topological polar surface area (TPSA) is 84.6 Å². The number of nitrogens with one attached hydrogen (secondary N) is 1. The average Bonchev–Trinajstić information content (AvgIpc) is 2.13. The highest BCUT2D eigenvalue weighted by Crippen LogP contribution is 1.87. The quantitative estimate of drug-likeness (QED) is 0.493. The average molecular weight is 190 g/mol. The van der Waals surface area contributed by atoms with E-state index in [0.29, 0.717) is 6.42 Å². The maximum atomic E-state index is 11.1. The molecule has 13 heavy (non-hydrogen) atoms. The number of hydrogen-bond acceptors (Lipinski definition) is 4. The van der Waals surface area contributed by atoms with Crippen LogP contribution in [0.15, 0.2) is 0 Å². The van der Waals surface area contributed by atoms with Gasteiger partial charge in [0.25, 0.3) is 0 Å². The number of aliphatic hydroxyl groups is 1. The number of aliphatic hydroxyl groups excluding tert-OH is 1. The molecular weight excluding hydrogens is 172 g/mol. The number of ether oxygens (including phenoxy) is 1. The molecule has 0 bridgehead atoms. The molecule has 5 nitrogen and oxygen atoms in total. The van der Waals surface area contributed by atoms with Gasteiger partial charge in [-0.05, 0) is 6.42 Å². The molecule has 4 N–H and O–H groups in total. The summed E-state index contributed by atoms with van der Waals surface area (Å²) in [6.07, 6.45) is -0.0790. The predicted octanol–water partition coefficient (Wildman–Crippen LogP) is -1.15. The second-order valence-electron chi connectivity index (χ2n) is 2.87. The minimum Gasteiger partial charge on any atom is -0.389 e. The fourth-order valence-electron chi connectivity index (χ4n) is 0.786.